The van der Waals surface area contributed by atoms with Gasteiger partial charge < -0.3 is 19.6 Å². The Balaban J connectivity index is 1.42. The molecular weight excluding hydrogens is 490 g/mol. The lowest BCUT2D eigenvalue weighted by atomic mass is 10.0. The number of pyridine rings is 1. The zero-order chi connectivity index (χ0) is 26.0. The molecule has 1 aliphatic rings. The molecule has 9 nitrogen and oxygen atoms in total. The maximum atomic E-state index is 12.9. The number of sulfonamides is 1. The van der Waals surface area contributed by atoms with E-state index < -0.39 is 16.1 Å². The fourth-order valence-electron chi connectivity index (χ4n) is 4.34. The molecule has 2 N–H and O–H groups in total. The van der Waals surface area contributed by atoms with Crippen LogP contribution in [0.25, 0.3) is 11.3 Å². The minimum Gasteiger partial charge on any atom is -0.349 e. The van der Waals surface area contributed by atoms with E-state index in [0.29, 0.717) is 28.3 Å². The Morgan fingerprint density at radius 1 is 1.05 bits per heavy atom. The number of anilines is 1. The molecule has 0 saturated carbocycles. The molecule has 0 saturated heterocycles. The minimum atomic E-state index is -3.74. The van der Waals surface area contributed by atoms with Crippen LogP contribution in [0.1, 0.15) is 27.8 Å². The lowest BCUT2D eigenvalue weighted by Crippen LogP contribution is -2.46. The summed E-state index contributed by atoms with van der Waals surface area (Å²) in [5.74, 6) is -0.187. The standard InChI is InChI=1S/C27H25N5O4S/c1-31-18-32(25(17-33)20-7-3-2-4-8-20)24-15-23(30-26(24)27(31)34)19-10-12-22(13-11-19)37(35,36)29-16-21-9-5-6-14-28-21/h2-15,17,25,29-30H,16,18H2,1H3. The van der Waals surface area contributed by atoms with Gasteiger partial charge in [-0.2, -0.15) is 0 Å². The molecule has 0 aliphatic carbocycles. The largest absolute Gasteiger partial charge is 0.349 e. The summed E-state index contributed by atoms with van der Waals surface area (Å²) >= 11 is 0. The van der Waals surface area contributed by atoms with Gasteiger partial charge in [0.25, 0.3) is 5.91 Å². The third-order valence-corrected chi connectivity index (χ3v) is 7.70. The summed E-state index contributed by atoms with van der Waals surface area (Å²) in [6.07, 6.45) is 2.47. The van der Waals surface area contributed by atoms with Crippen LogP contribution in [0.4, 0.5) is 5.69 Å². The van der Waals surface area contributed by atoms with Crippen LogP contribution in [-0.2, 0) is 21.4 Å². The number of aromatic amines is 1. The maximum Gasteiger partial charge on any atom is 0.273 e. The number of nitrogens with zero attached hydrogens (tertiary/aromatic N) is 3. The van der Waals surface area contributed by atoms with Crippen LogP contribution in [0.15, 0.2) is 90.0 Å². The van der Waals surface area contributed by atoms with E-state index in [4.69, 9.17) is 0 Å². The lowest BCUT2D eigenvalue weighted by Gasteiger charge is -2.37. The van der Waals surface area contributed by atoms with Gasteiger partial charge in [-0.1, -0.05) is 48.5 Å². The molecule has 1 amide bonds. The normalized spacial score (nSPS) is 14.4. The fraction of sp³-hybridized carbons (Fsp3) is 0.148. The minimum absolute atomic E-state index is 0.0824. The average Bonchev–Trinajstić information content (AvgIpc) is 3.38. The van der Waals surface area contributed by atoms with Crippen LogP contribution >= 0.6 is 0 Å². The van der Waals surface area contributed by atoms with Gasteiger partial charge in [0.05, 0.1) is 29.5 Å². The molecule has 2 aromatic carbocycles. The Morgan fingerprint density at radius 3 is 2.46 bits per heavy atom. The first-order valence-electron chi connectivity index (χ1n) is 11.6. The summed E-state index contributed by atoms with van der Waals surface area (Å²) in [4.78, 5) is 35.9. The van der Waals surface area contributed by atoms with Crippen molar-refractivity contribution in [2.75, 3.05) is 18.6 Å². The van der Waals surface area contributed by atoms with Crippen LogP contribution in [-0.4, -0.2) is 49.2 Å². The van der Waals surface area contributed by atoms with Crippen molar-refractivity contribution in [1.29, 1.82) is 0 Å². The first-order valence-corrected chi connectivity index (χ1v) is 13.1. The third kappa shape index (κ3) is 4.89. The molecule has 3 heterocycles. The van der Waals surface area contributed by atoms with Gasteiger partial charge in [0.15, 0.2) is 0 Å². The second-order valence-electron chi connectivity index (χ2n) is 8.72. The van der Waals surface area contributed by atoms with Crippen molar-refractivity contribution in [1.82, 2.24) is 19.6 Å². The number of H-pyrrole nitrogens is 1. The predicted molar refractivity (Wildman–Crippen MR) is 139 cm³/mol. The van der Waals surface area contributed by atoms with Crippen LogP contribution < -0.4 is 9.62 Å². The van der Waals surface area contributed by atoms with Crippen molar-refractivity contribution in [2.45, 2.75) is 17.5 Å². The molecule has 5 rings (SSSR count). The monoisotopic (exact) mass is 515 g/mol. The smallest absolute Gasteiger partial charge is 0.273 e. The Hall–Kier alpha value is -4.28. The van der Waals surface area contributed by atoms with Gasteiger partial charge in [-0.25, -0.2) is 13.1 Å². The summed E-state index contributed by atoms with van der Waals surface area (Å²) in [6, 6.07) is 22.3. The van der Waals surface area contributed by atoms with Gasteiger partial charge in [0.2, 0.25) is 10.0 Å². The van der Waals surface area contributed by atoms with Gasteiger partial charge in [0.1, 0.15) is 18.0 Å². The number of hydrogen-bond acceptors (Lipinski definition) is 6. The number of hydrogen-bond donors (Lipinski definition) is 2. The Morgan fingerprint density at radius 2 is 1.78 bits per heavy atom. The number of benzene rings is 2. The number of aromatic nitrogens is 2. The van der Waals surface area contributed by atoms with Crippen molar-refractivity contribution < 1.29 is 18.0 Å². The molecule has 4 aromatic rings. The SMILES string of the molecule is CN1CN(C(C=O)c2ccccc2)c2cc(-c3ccc(S(=O)(=O)NCc4ccccn4)cc3)[nH]c2C1=O. The Bertz CT molecular complexity index is 1520. The number of fused-ring (bicyclic) bond motifs is 1. The van der Waals surface area contributed by atoms with E-state index in [1.807, 2.05) is 41.3 Å². The molecule has 0 fully saturated rings. The van der Waals surface area contributed by atoms with Gasteiger partial charge in [0, 0.05) is 18.9 Å². The summed E-state index contributed by atoms with van der Waals surface area (Å²) in [5.41, 5.74) is 3.77. The van der Waals surface area contributed by atoms with Crippen molar-refractivity contribution in [3.8, 4) is 11.3 Å². The first kappa shape index (κ1) is 24.4. The number of carbonyl (C=O) groups excluding carboxylic acids is 2. The van der Waals surface area contributed by atoms with E-state index >= 15 is 0 Å². The van der Waals surface area contributed by atoms with Crippen LogP contribution in [0.2, 0.25) is 0 Å². The molecule has 1 unspecified atom stereocenters. The van der Waals surface area contributed by atoms with Crippen LogP contribution in [0.3, 0.4) is 0 Å². The van der Waals surface area contributed by atoms with Crippen molar-refractivity contribution in [2.24, 2.45) is 0 Å². The fourth-order valence-corrected chi connectivity index (χ4v) is 5.34. The molecule has 1 aliphatic heterocycles. The van der Waals surface area contributed by atoms with E-state index in [-0.39, 0.29) is 24.0 Å². The molecule has 2 aromatic heterocycles. The zero-order valence-electron chi connectivity index (χ0n) is 20.0. The van der Waals surface area contributed by atoms with E-state index in [1.165, 1.54) is 12.1 Å². The summed E-state index contributed by atoms with van der Waals surface area (Å²) in [5, 5.41) is 0. The van der Waals surface area contributed by atoms with E-state index in [1.54, 1.807) is 48.5 Å². The van der Waals surface area contributed by atoms with Crippen molar-refractivity contribution >= 4 is 27.9 Å². The highest BCUT2D eigenvalue weighted by Crippen LogP contribution is 2.36. The zero-order valence-corrected chi connectivity index (χ0v) is 20.9. The number of rotatable bonds is 8. The maximum absolute atomic E-state index is 12.9. The topological polar surface area (TPSA) is 115 Å². The molecule has 10 heteroatoms. The molecule has 0 spiro atoms. The highest BCUT2D eigenvalue weighted by atomic mass is 32.2. The molecule has 0 bridgehead atoms. The van der Waals surface area contributed by atoms with Crippen LogP contribution in [0.5, 0.6) is 0 Å². The van der Waals surface area contributed by atoms with Gasteiger partial charge in [-0.15, -0.1) is 0 Å². The summed E-state index contributed by atoms with van der Waals surface area (Å²) in [6.45, 7) is 0.333. The van der Waals surface area contributed by atoms with Crippen LogP contribution in [0, 0.1) is 0 Å². The molecule has 0 radical (unpaired) electrons. The molecule has 188 valence electrons. The highest BCUT2D eigenvalue weighted by Gasteiger charge is 2.34. The third-order valence-electron chi connectivity index (χ3n) is 6.28. The second kappa shape index (κ2) is 10.00. The van der Waals surface area contributed by atoms with Crippen molar-refractivity contribution in [3.63, 3.8) is 0 Å². The lowest BCUT2D eigenvalue weighted by molar-refractivity contribution is -0.109. The van der Waals surface area contributed by atoms with Crippen molar-refractivity contribution in [3.05, 3.63) is 102 Å². The van der Waals surface area contributed by atoms with E-state index in [9.17, 15) is 18.0 Å². The van der Waals surface area contributed by atoms with E-state index in [0.717, 1.165) is 11.8 Å². The van der Waals surface area contributed by atoms with Gasteiger partial charge >= 0.3 is 0 Å². The average molecular weight is 516 g/mol. The number of aldehydes is 1. The predicted octanol–water partition coefficient (Wildman–Crippen LogP) is 3.34. The first-order chi connectivity index (χ1) is 17.9. The molecule has 37 heavy (non-hydrogen) atoms. The summed E-state index contributed by atoms with van der Waals surface area (Å²) in [7, 11) is -2.05. The molecule has 1 atom stereocenters. The highest BCUT2D eigenvalue weighted by molar-refractivity contribution is 7.89. The second-order valence-corrected chi connectivity index (χ2v) is 10.5. The summed E-state index contributed by atoms with van der Waals surface area (Å²) < 4.78 is 28.0. The van der Waals surface area contributed by atoms with E-state index in [2.05, 4.69) is 14.7 Å². The Kier molecular flexibility index (Phi) is 6.60. The quantitative estimate of drug-likeness (QED) is 0.348. The van der Waals surface area contributed by atoms with Gasteiger partial charge in [-0.05, 0) is 41.5 Å². The number of carbonyl (C=O) groups is 2. The number of nitrogens with one attached hydrogen (secondary N) is 2. The number of amides is 1. The van der Waals surface area contributed by atoms with Gasteiger partial charge in [-0.3, -0.25) is 9.78 Å². The Labute approximate surface area is 214 Å². The molecular formula is C27H25N5O4S.